The second-order valence-electron chi connectivity index (χ2n) is 3.48. The van der Waals surface area contributed by atoms with E-state index in [1.54, 1.807) is 6.92 Å². The highest BCUT2D eigenvalue weighted by molar-refractivity contribution is 7.90. The smallest absolute Gasteiger partial charge is 0.156 e. The van der Waals surface area contributed by atoms with Crippen LogP contribution < -0.4 is 5.73 Å². The number of hydrogen-bond acceptors (Lipinski definition) is 5. The van der Waals surface area contributed by atoms with Crippen molar-refractivity contribution in [1.82, 2.24) is 4.98 Å². The third kappa shape index (κ3) is 3.50. The SMILES string of the molecule is CCCS(=O)(=O)Cc1nc(C)c(C(N)=S)s1. The van der Waals surface area contributed by atoms with Crippen molar-refractivity contribution in [2.75, 3.05) is 5.75 Å². The minimum absolute atomic E-state index is 0.0189. The standard InChI is InChI=1S/C9H14N2O2S3/c1-3-4-16(12,13)5-7-11-6(2)8(15-7)9(10)14/h3-5H2,1-2H3,(H2,10,14). The maximum absolute atomic E-state index is 11.6. The summed E-state index contributed by atoms with van der Waals surface area (Å²) in [5, 5.41) is 0.564. The average molecular weight is 278 g/mol. The lowest BCUT2D eigenvalue weighted by Gasteiger charge is -1.98. The molecule has 7 heteroatoms. The Balaban J connectivity index is 2.91. The largest absolute Gasteiger partial charge is 0.389 e. The molecule has 1 aromatic heterocycles. The van der Waals surface area contributed by atoms with Crippen LogP contribution in [0.2, 0.25) is 0 Å². The fourth-order valence-corrected chi connectivity index (χ4v) is 4.28. The summed E-state index contributed by atoms with van der Waals surface area (Å²) in [6.45, 7) is 3.62. The number of thiazole rings is 1. The molecule has 0 spiro atoms. The van der Waals surface area contributed by atoms with Crippen molar-refractivity contribution in [2.45, 2.75) is 26.0 Å². The van der Waals surface area contributed by atoms with E-state index in [1.165, 1.54) is 11.3 Å². The van der Waals surface area contributed by atoms with Gasteiger partial charge in [0.15, 0.2) is 9.84 Å². The van der Waals surface area contributed by atoms with Gasteiger partial charge in [0.2, 0.25) is 0 Å². The summed E-state index contributed by atoms with van der Waals surface area (Å²) >= 11 is 6.12. The second-order valence-corrected chi connectivity index (χ2v) is 7.19. The molecule has 1 heterocycles. The average Bonchev–Trinajstić information content (AvgIpc) is 2.45. The van der Waals surface area contributed by atoms with E-state index in [-0.39, 0.29) is 16.5 Å². The molecule has 0 unspecified atom stereocenters. The Morgan fingerprint density at radius 2 is 2.19 bits per heavy atom. The van der Waals surface area contributed by atoms with Crippen molar-refractivity contribution in [2.24, 2.45) is 5.73 Å². The van der Waals surface area contributed by atoms with Crippen molar-refractivity contribution in [3.05, 3.63) is 15.6 Å². The van der Waals surface area contributed by atoms with Crippen LogP contribution >= 0.6 is 23.6 Å². The van der Waals surface area contributed by atoms with Gasteiger partial charge in [0.1, 0.15) is 15.7 Å². The van der Waals surface area contributed by atoms with Gasteiger partial charge in [-0.3, -0.25) is 0 Å². The molecule has 2 N–H and O–H groups in total. The molecular formula is C9H14N2O2S3. The van der Waals surface area contributed by atoms with Crippen LogP contribution in [-0.2, 0) is 15.6 Å². The predicted octanol–water partition coefficient (Wildman–Crippen LogP) is 1.41. The van der Waals surface area contributed by atoms with Crippen molar-refractivity contribution in [3.63, 3.8) is 0 Å². The molecule has 0 aliphatic rings. The van der Waals surface area contributed by atoms with Crippen LogP contribution in [0.1, 0.15) is 28.9 Å². The van der Waals surface area contributed by atoms with Gasteiger partial charge in [-0.05, 0) is 13.3 Å². The van der Waals surface area contributed by atoms with Gasteiger partial charge in [-0.25, -0.2) is 13.4 Å². The summed E-state index contributed by atoms with van der Waals surface area (Å²) < 4.78 is 23.2. The minimum atomic E-state index is -3.05. The molecule has 0 aliphatic heterocycles. The molecule has 0 fully saturated rings. The number of nitrogens with two attached hydrogens (primary N) is 1. The summed E-state index contributed by atoms with van der Waals surface area (Å²) in [6, 6.07) is 0. The molecule has 0 saturated heterocycles. The van der Waals surface area contributed by atoms with E-state index in [2.05, 4.69) is 4.98 Å². The normalized spacial score (nSPS) is 11.6. The van der Waals surface area contributed by atoms with Gasteiger partial charge in [-0.2, -0.15) is 0 Å². The topological polar surface area (TPSA) is 73.0 Å². The highest BCUT2D eigenvalue weighted by Crippen LogP contribution is 2.20. The van der Waals surface area contributed by atoms with Crippen LogP contribution in [0.4, 0.5) is 0 Å². The van der Waals surface area contributed by atoms with Gasteiger partial charge in [0.25, 0.3) is 0 Å². The van der Waals surface area contributed by atoms with E-state index in [4.69, 9.17) is 18.0 Å². The van der Waals surface area contributed by atoms with E-state index in [9.17, 15) is 8.42 Å². The Kier molecular flexibility index (Phi) is 4.40. The number of rotatable bonds is 5. The highest BCUT2D eigenvalue weighted by atomic mass is 32.2. The lowest BCUT2D eigenvalue weighted by molar-refractivity contribution is 0.594. The molecular weight excluding hydrogens is 264 g/mol. The van der Waals surface area contributed by atoms with E-state index in [0.29, 0.717) is 22.0 Å². The molecule has 0 aromatic carbocycles. The van der Waals surface area contributed by atoms with Crippen molar-refractivity contribution in [3.8, 4) is 0 Å². The zero-order valence-electron chi connectivity index (χ0n) is 9.19. The van der Waals surface area contributed by atoms with Crippen molar-refractivity contribution in [1.29, 1.82) is 0 Å². The number of hydrogen-bond donors (Lipinski definition) is 1. The quantitative estimate of drug-likeness (QED) is 0.824. The minimum Gasteiger partial charge on any atom is -0.389 e. The van der Waals surface area contributed by atoms with Crippen LogP contribution in [0.5, 0.6) is 0 Å². The maximum Gasteiger partial charge on any atom is 0.156 e. The van der Waals surface area contributed by atoms with Gasteiger partial charge < -0.3 is 5.73 Å². The first-order valence-corrected chi connectivity index (χ1v) is 7.87. The molecule has 0 saturated carbocycles. The summed E-state index contributed by atoms with van der Waals surface area (Å²) in [5.74, 6) is 0.170. The molecule has 0 amide bonds. The first-order chi connectivity index (χ1) is 7.35. The van der Waals surface area contributed by atoms with Gasteiger partial charge in [-0.1, -0.05) is 19.1 Å². The molecule has 4 nitrogen and oxygen atoms in total. The summed E-state index contributed by atoms with van der Waals surface area (Å²) in [6.07, 6.45) is 0.620. The van der Waals surface area contributed by atoms with Gasteiger partial charge >= 0.3 is 0 Å². The Labute approximate surface area is 105 Å². The Morgan fingerprint density at radius 3 is 2.62 bits per heavy atom. The summed E-state index contributed by atoms with van der Waals surface area (Å²) in [5.41, 5.74) is 6.21. The van der Waals surface area contributed by atoms with Crippen molar-refractivity contribution >= 4 is 38.4 Å². The Morgan fingerprint density at radius 1 is 1.56 bits per heavy atom. The highest BCUT2D eigenvalue weighted by Gasteiger charge is 2.16. The fraction of sp³-hybridized carbons (Fsp3) is 0.556. The molecule has 16 heavy (non-hydrogen) atoms. The van der Waals surface area contributed by atoms with Gasteiger partial charge in [0, 0.05) is 0 Å². The predicted molar refractivity (Wildman–Crippen MR) is 70.5 cm³/mol. The van der Waals surface area contributed by atoms with Crippen LogP contribution in [0, 0.1) is 6.92 Å². The fourth-order valence-electron chi connectivity index (χ4n) is 1.31. The monoisotopic (exact) mass is 278 g/mol. The lowest BCUT2D eigenvalue weighted by Crippen LogP contribution is -2.08. The summed E-state index contributed by atoms with van der Waals surface area (Å²) in [4.78, 5) is 5.15. The van der Waals surface area contributed by atoms with Crippen LogP contribution in [0.3, 0.4) is 0 Å². The maximum atomic E-state index is 11.6. The molecule has 0 atom stereocenters. The number of nitrogens with zero attached hydrogens (tertiary/aromatic N) is 1. The number of aromatic nitrogens is 1. The van der Waals surface area contributed by atoms with Crippen LogP contribution in [-0.4, -0.2) is 24.1 Å². The third-order valence-corrected chi connectivity index (χ3v) is 5.37. The molecule has 0 aliphatic carbocycles. The number of aryl methyl sites for hydroxylation is 1. The van der Waals surface area contributed by atoms with E-state index in [0.717, 1.165) is 0 Å². The molecule has 1 aromatic rings. The zero-order chi connectivity index (χ0) is 12.3. The number of thiocarbonyl (C=S) groups is 1. The third-order valence-electron chi connectivity index (χ3n) is 1.92. The zero-order valence-corrected chi connectivity index (χ0v) is 11.6. The van der Waals surface area contributed by atoms with Crippen LogP contribution in [0.25, 0.3) is 0 Å². The lowest BCUT2D eigenvalue weighted by atomic mass is 10.4. The van der Waals surface area contributed by atoms with E-state index in [1.807, 2.05) is 6.92 Å². The van der Waals surface area contributed by atoms with Gasteiger partial charge in [0.05, 0.1) is 16.3 Å². The second kappa shape index (κ2) is 5.20. The van der Waals surface area contributed by atoms with E-state index >= 15 is 0 Å². The molecule has 1 rings (SSSR count). The first-order valence-electron chi connectivity index (χ1n) is 4.82. The van der Waals surface area contributed by atoms with Crippen molar-refractivity contribution < 1.29 is 8.42 Å². The van der Waals surface area contributed by atoms with Gasteiger partial charge in [-0.15, -0.1) is 11.3 Å². The Bertz CT molecular complexity index is 491. The molecule has 0 radical (unpaired) electrons. The first kappa shape index (κ1) is 13.5. The Hall–Kier alpha value is -0.530. The van der Waals surface area contributed by atoms with E-state index < -0.39 is 9.84 Å². The molecule has 0 bridgehead atoms. The molecule has 90 valence electrons. The summed E-state index contributed by atoms with van der Waals surface area (Å²) in [7, 11) is -3.05. The number of sulfone groups is 1. The van der Waals surface area contributed by atoms with Crippen LogP contribution in [0.15, 0.2) is 0 Å².